The van der Waals surface area contributed by atoms with Crippen LogP contribution in [-0.4, -0.2) is 19.0 Å². The van der Waals surface area contributed by atoms with Gasteiger partial charge in [0.2, 0.25) is 0 Å². The molecular formula is C10H18O2. The molecule has 1 aliphatic carbocycles. The number of carbonyl (C=O) groups is 1. The lowest BCUT2D eigenvalue weighted by Gasteiger charge is -2.29. The third kappa shape index (κ3) is 2.59. The zero-order chi connectivity index (χ0) is 8.97. The molecule has 2 nitrogen and oxygen atoms in total. The summed E-state index contributed by atoms with van der Waals surface area (Å²) in [6, 6.07) is 0. The standard InChI is InChI=1S/C10H18O2/c1-8(11)7-9-5-3-4-6-10(9)12-2/h9-10H,3-7H2,1-2H3/t9-,10-/m1/s1. The van der Waals surface area contributed by atoms with Gasteiger partial charge in [-0.1, -0.05) is 12.8 Å². The fourth-order valence-corrected chi connectivity index (χ4v) is 2.09. The van der Waals surface area contributed by atoms with E-state index in [1.807, 2.05) is 0 Å². The first-order valence-corrected chi connectivity index (χ1v) is 4.76. The molecule has 1 rings (SSSR count). The Bertz CT molecular complexity index is 154. The van der Waals surface area contributed by atoms with E-state index >= 15 is 0 Å². The average molecular weight is 170 g/mol. The highest BCUT2D eigenvalue weighted by Gasteiger charge is 2.25. The van der Waals surface area contributed by atoms with Crippen LogP contribution in [0.3, 0.4) is 0 Å². The van der Waals surface area contributed by atoms with Crippen LogP contribution >= 0.6 is 0 Å². The Morgan fingerprint density at radius 3 is 2.67 bits per heavy atom. The highest BCUT2D eigenvalue weighted by atomic mass is 16.5. The summed E-state index contributed by atoms with van der Waals surface area (Å²) in [7, 11) is 1.75. The SMILES string of the molecule is CO[C@@H]1CCCC[C@@H]1CC(C)=O. The molecule has 0 radical (unpaired) electrons. The number of carbonyl (C=O) groups excluding carboxylic acids is 1. The molecule has 1 fully saturated rings. The molecular weight excluding hydrogens is 152 g/mol. The van der Waals surface area contributed by atoms with Crippen molar-refractivity contribution in [2.24, 2.45) is 5.92 Å². The van der Waals surface area contributed by atoms with Crippen molar-refractivity contribution >= 4 is 5.78 Å². The Kier molecular flexibility index (Phi) is 3.73. The highest BCUT2D eigenvalue weighted by molar-refractivity contribution is 5.75. The Morgan fingerprint density at radius 2 is 2.08 bits per heavy atom. The van der Waals surface area contributed by atoms with Gasteiger partial charge in [-0.3, -0.25) is 0 Å². The van der Waals surface area contributed by atoms with Gasteiger partial charge in [-0.05, 0) is 25.7 Å². The van der Waals surface area contributed by atoms with Crippen molar-refractivity contribution in [3.05, 3.63) is 0 Å². The smallest absolute Gasteiger partial charge is 0.130 e. The first-order valence-electron chi connectivity index (χ1n) is 4.76. The van der Waals surface area contributed by atoms with E-state index in [2.05, 4.69) is 0 Å². The second-order valence-corrected chi connectivity index (χ2v) is 3.72. The van der Waals surface area contributed by atoms with Crippen molar-refractivity contribution < 1.29 is 9.53 Å². The van der Waals surface area contributed by atoms with Crippen LogP contribution in [0.1, 0.15) is 39.0 Å². The van der Waals surface area contributed by atoms with Gasteiger partial charge in [0.15, 0.2) is 0 Å². The minimum atomic E-state index is 0.295. The van der Waals surface area contributed by atoms with Crippen molar-refractivity contribution in [2.75, 3.05) is 7.11 Å². The molecule has 0 heterocycles. The maximum absolute atomic E-state index is 10.9. The van der Waals surface area contributed by atoms with E-state index in [4.69, 9.17) is 4.74 Å². The van der Waals surface area contributed by atoms with Crippen LogP contribution < -0.4 is 0 Å². The second kappa shape index (κ2) is 4.61. The van der Waals surface area contributed by atoms with Gasteiger partial charge >= 0.3 is 0 Å². The third-order valence-corrected chi connectivity index (χ3v) is 2.69. The van der Waals surface area contributed by atoms with Crippen LogP contribution in [0.15, 0.2) is 0 Å². The maximum atomic E-state index is 10.9. The normalized spacial score (nSPS) is 30.2. The highest BCUT2D eigenvalue weighted by Crippen LogP contribution is 2.28. The number of methoxy groups -OCH3 is 1. The summed E-state index contributed by atoms with van der Waals surface area (Å²) in [5, 5.41) is 0. The topological polar surface area (TPSA) is 26.3 Å². The van der Waals surface area contributed by atoms with E-state index in [0.29, 0.717) is 24.2 Å². The summed E-state index contributed by atoms with van der Waals surface area (Å²) in [6.07, 6.45) is 5.86. The summed E-state index contributed by atoms with van der Waals surface area (Å²) >= 11 is 0. The Labute approximate surface area is 74.3 Å². The number of rotatable bonds is 3. The van der Waals surface area contributed by atoms with Gasteiger partial charge in [0, 0.05) is 13.5 Å². The molecule has 1 saturated carbocycles. The van der Waals surface area contributed by atoms with Crippen LogP contribution in [0.4, 0.5) is 0 Å². The molecule has 2 atom stereocenters. The number of hydrogen-bond acceptors (Lipinski definition) is 2. The third-order valence-electron chi connectivity index (χ3n) is 2.69. The second-order valence-electron chi connectivity index (χ2n) is 3.72. The summed E-state index contributed by atoms with van der Waals surface area (Å²) in [4.78, 5) is 10.9. The van der Waals surface area contributed by atoms with Crippen molar-refractivity contribution in [3.8, 4) is 0 Å². The zero-order valence-electron chi connectivity index (χ0n) is 8.01. The van der Waals surface area contributed by atoms with Crippen LogP contribution in [-0.2, 0) is 9.53 Å². The van der Waals surface area contributed by atoms with Crippen LogP contribution in [0, 0.1) is 5.92 Å². The molecule has 1 aliphatic rings. The van der Waals surface area contributed by atoms with E-state index in [0.717, 1.165) is 12.8 Å². The Hall–Kier alpha value is -0.370. The van der Waals surface area contributed by atoms with E-state index in [-0.39, 0.29) is 0 Å². The van der Waals surface area contributed by atoms with Crippen molar-refractivity contribution in [2.45, 2.75) is 45.1 Å². The predicted molar refractivity (Wildman–Crippen MR) is 48.1 cm³/mol. The molecule has 0 saturated heterocycles. The number of hydrogen-bond donors (Lipinski definition) is 0. The largest absolute Gasteiger partial charge is 0.381 e. The monoisotopic (exact) mass is 170 g/mol. The van der Waals surface area contributed by atoms with Gasteiger partial charge in [-0.25, -0.2) is 0 Å². The van der Waals surface area contributed by atoms with Gasteiger partial charge in [0.05, 0.1) is 6.10 Å². The van der Waals surface area contributed by atoms with E-state index in [1.165, 1.54) is 12.8 Å². The molecule has 0 aromatic carbocycles. The molecule has 0 unspecified atom stereocenters. The number of Topliss-reactive ketones (excluding diaryl/α,β-unsaturated/α-hetero) is 1. The van der Waals surface area contributed by atoms with Gasteiger partial charge in [-0.2, -0.15) is 0 Å². The van der Waals surface area contributed by atoms with Gasteiger partial charge < -0.3 is 9.53 Å². The zero-order valence-corrected chi connectivity index (χ0v) is 8.01. The maximum Gasteiger partial charge on any atom is 0.130 e. The minimum Gasteiger partial charge on any atom is -0.381 e. The van der Waals surface area contributed by atoms with Gasteiger partial charge in [-0.15, -0.1) is 0 Å². The summed E-state index contributed by atoms with van der Waals surface area (Å²) in [5.74, 6) is 0.783. The van der Waals surface area contributed by atoms with E-state index < -0.39 is 0 Å². The Morgan fingerprint density at radius 1 is 1.42 bits per heavy atom. The predicted octanol–water partition coefficient (Wildman–Crippen LogP) is 2.17. The van der Waals surface area contributed by atoms with E-state index in [1.54, 1.807) is 14.0 Å². The first kappa shape index (κ1) is 9.72. The van der Waals surface area contributed by atoms with Crippen LogP contribution in [0.2, 0.25) is 0 Å². The lowest BCUT2D eigenvalue weighted by Crippen LogP contribution is -2.28. The molecule has 2 heteroatoms. The van der Waals surface area contributed by atoms with Gasteiger partial charge in [0.25, 0.3) is 0 Å². The summed E-state index contributed by atoms with van der Waals surface area (Å²) in [5.41, 5.74) is 0. The molecule has 0 spiro atoms. The van der Waals surface area contributed by atoms with Gasteiger partial charge in [0.1, 0.15) is 5.78 Å². The quantitative estimate of drug-likeness (QED) is 0.649. The molecule has 70 valence electrons. The molecule has 0 aromatic rings. The molecule has 0 bridgehead atoms. The fourth-order valence-electron chi connectivity index (χ4n) is 2.09. The number of ketones is 1. The first-order chi connectivity index (χ1) is 5.74. The molecule has 0 amide bonds. The van der Waals surface area contributed by atoms with Crippen LogP contribution in [0.25, 0.3) is 0 Å². The lowest BCUT2D eigenvalue weighted by atomic mass is 9.83. The summed E-state index contributed by atoms with van der Waals surface area (Å²) < 4.78 is 5.35. The van der Waals surface area contributed by atoms with Crippen molar-refractivity contribution in [1.82, 2.24) is 0 Å². The molecule has 0 aromatic heterocycles. The summed E-state index contributed by atoms with van der Waals surface area (Å²) in [6.45, 7) is 1.67. The molecule has 12 heavy (non-hydrogen) atoms. The number of ether oxygens (including phenoxy) is 1. The Balaban J connectivity index is 2.41. The minimum absolute atomic E-state index is 0.295. The molecule has 0 aliphatic heterocycles. The fraction of sp³-hybridized carbons (Fsp3) is 0.900. The molecule has 0 N–H and O–H groups in total. The average Bonchev–Trinajstić information content (AvgIpc) is 2.04. The van der Waals surface area contributed by atoms with Crippen LogP contribution in [0.5, 0.6) is 0 Å². The van der Waals surface area contributed by atoms with Crippen molar-refractivity contribution in [1.29, 1.82) is 0 Å². The van der Waals surface area contributed by atoms with E-state index in [9.17, 15) is 4.79 Å². The lowest BCUT2D eigenvalue weighted by molar-refractivity contribution is -0.119. The van der Waals surface area contributed by atoms with Crippen molar-refractivity contribution in [3.63, 3.8) is 0 Å².